The molecule has 0 bridgehead atoms. The molecule has 3 aromatic heterocycles. The highest BCUT2D eigenvalue weighted by atomic mass is 32.1. The van der Waals surface area contributed by atoms with Crippen LogP contribution in [0.15, 0.2) is 52.4 Å². The van der Waals surface area contributed by atoms with Crippen molar-refractivity contribution in [1.29, 1.82) is 0 Å². The Bertz CT molecular complexity index is 718. The zero-order valence-corrected chi connectivity index (χ0v) is 13.8. The van der Waals surface area contributed by atoms with Gasteiger partial charge in [0, 0.05) is 24.2 Å². The van der Waals surface area contributed by atoms with E-state index in [0.717, 1.165) is 36.8 Å². The maximum atomic E-state index is 5.74. The molecule has 0 unspecified atom stereocenters. The monoisotopic (exact) mass is 312 g/mol. The molecule has 4 heteroatoms. The molecule has 114 valence electrons. The van der Waals surface area contributed by atoms with E-state index in [2.05, 4.69) is 40.4 Å². The van der Waals surface area contributed by atoms with E-state index in [4.69, 9.17) is 4.42 Å². The molecule has 0 spiro atoms. The molecule has 3 heterocycles. The standard InChI is InChI=1S/C18H20N2OS/c1-14-8-10-22-18(14)13-20(11-16-5-3-4-9-19-16)12-17-7-6-15(2)21-17/h3-10H,11-13H2,1-2H3. The Balaban J connectivity index is 1.76. The first-order valence-electron chi connectivity index (χ1n) is 7.41. The summed E-state index contributed by atoms with van der Waals surface area (Å²) in [6.07, 6.45) is 1.85. The molecule has 0 aliphatic rings. The van der Waals surface area contributed by atoms with Gasteiger partial charge in [-0.25, -0.2) is 0 Å². The lowest BCUT2D eigenvalue weighted by Crippen LogP contribution is -2.22. The average Bonchev–Trinajstić information content (AvgIpc) is 3.09. The fourth-order valence-corrected chi connectivity index (χ4v) is 3.40. The van der Waals surface area contributed by atoms with Crippen molar-refractivity contribution in [3.05, 3.63) is 75.6 Å². The van der Waals surface area contributed by atoms with Crippen LogP contribution in [0.4, 0.5) is 0 Å². The molecule has 0 saturated heterocycles. The maximum absolute atomic E-state index is 5.74. The van der Waals surface area contributed by atoms with Gasteiger partial charge in [-0.3, -0.25) is 9.88 Å². The summed E-state index contributed by atoms with van der Waals surface area (Å²) in [5.74, 6) is 1.96. The van der Waals surface area contributed by atoms with Crippen LogP contribution >= 0.6 is 11.3 Å². The Labute approximate surface area is 135 Å². The Kier molecular flexibility index (Phi) is 4.71. The van der Waals surface area contributed by atoms with Crippen LogP contribution < -0.4 is 0 Å². The van der Waals surface area contributed by atoms with Gasteiger partial charge < -0.3 is 4.42 Å². The average molecular weight is 312 g/mol. The molecule has 0 atom stereocenters. The number of rotatable bonds is 6. The molecule has 3 nitrogen and oxygen atoms in total. The number of pyridine rings is 1. The Hall–Kier alpha value is -1.91. The summed E-state index contributed by atoms with van der Waals surface area (Å²) in [7, 11) is 0. The van der Waals surface area contributed by atoms with Gasteiger partial charge in [-0.2, -0.15) is 0 Å². The molecular weight excluding hydrogens is 292 g/mol. The van der Waals surface area contributed by atoms with Gasteiger partial charge in [0.2, 0.25) is 0 Å². The van der Waals surface area contributed by atoms with E-state index in [1.54, 1.807) is 0 Å². The van der Waals surface area contributed by atoms with Gasteiger partial charge in [0.1, 0.15) is 11.5 Å². The molecule has 0 aromatic carbocycles. The van der Waals surface area contributed by atoms with Gasteiger partial charge in [-0.1, -0.05) is 6.07 Å². The number of nitrogens with zero attached hydrogens (tertiary/aromatic N) is 2. The molecule has 0 aliphatic carbocycles. The van der Waals surface area contributed by atoms with E-state index in [0.29, 0.717) is 0 Å². The summed E-state index contributed by atoms with van der Waals surface area (Å²) in [6.45, 7) is 6.68. The van der Waals surface area contributed by atoms with E-state index in [-0.39, 0.29) is 0 Å². The van der Waals surface area contributed by atoms with Crippen LogP contribution in [0.2, 0.25) is 0 Å². The molecule has 0 amide bonds. The zero-order chi connectivity index (χ0) is 15.4. The Morgan fingerprint density at radius 2 is 1.95 bits per heavy atom. The maximum Gasteiger partial charge on any atom is 0.118 e. The van der Waals surface area contributed by atoms with Gasteiger partial charge in [0.15, 0.2) is 0 Å². The Morgan fingerprint density at radius 1 is 1.05 bits per heavy atom. The lowest BCUT2D eigenvalue weighted by molar-refractivity contribution is 0.224. The number of hydrogen-bond donors (Lipinski definition) is 0. The first-order chi connectivity index (χ1) is 10.7. The van der Waals surface area contributed by atoms with E-state index in [9.17, 15) is 0 Å². The SMILES string of the molecule is Cc1ccc(CN(Cc2ccccn2)Cc2sccc2C)o1. The van der Waals surface area contributed by atoms with Crippen LogP contribution in [0.25, 0.3) is 0 Å². The summed E-state index contributed by atoms with van der Waals surface area (Å²) in [5, 5.41) is 2.15. The van der Waals surface area contributed by atoms with Crippen LogP contribution in [-0.2, 0) is 19.6 Å². The summed E-state index contributed by atoms with van der Waals surface area (Å²) < 4.78 is 5.74. The summed E-state index contributed by atoms with van der Waals surface area (Å²) in [6, 6.07) is 12.3. The molecule has 0 radical (unpaired) electrons. The predicted molar refractivity (Wildman–Crippen MR) is 89.7 cm³/mol. The zero-order valence-electron chi connectivity index (χ0n) is 13.0. The second kappa shape index (κ2) is 6.90. The molecule has 0 fully saturated rings. The Morgan fingerprint density at radius 3 is 2.59 bits per heavy atom. The molecule has 3 rings (SSSR count). The minimum Gasteiger partial charge on any atom is -0.465 e. The van der Waals surface area contributed by atoms with Crippen LogP contribution in [0.3, 0.4) is 0 Å². The lowest BCUT2D eigenvalue weighted by Gasteiger charge is -2.20. The van der Waals surface area contributed by atoms with Crippen molar-refractivity contribution in [2.75, 3.05) is 0 Å². The number of hydrogen-bond acceptors (Lipinski definition) is 4. The lowest BCUT2D eigenvalue weighted by atomic mass is 10.2. The third-order valence-corrected chi connectivity index (χ3v) is 4.63. The van der Waals surface area contributed by atoms with Crippen molar-refractivity contribution in [3.8, 4) is 0 Å². The van der Waals surface area contributed by atoms with Crippen LogP contribution in [0.5, 0.6) is 0 Å². The highest BCUT2D eigenvalue weighted by Gasteiger charge is 2.13. The first kappa shape index (κ1) is 15.0. The normalized spacial score (nSPS) is 11.2. The molecule has 22 heavy (non-hydrogen) atoms. The fourth-order valence-electron chi connectivity index (χ4n) is 2.45. The fraction of sp³-hybridized carbons (Fsp3) is 0.278. The number of thiophene rings is 1. The first-order valence-corrected chi connectivity index (χ1v) is 8.29. The van der Waals surface area contributed by atoms with Gasteiger partial charge >= 0.3 is 0 Å². The largest absolute Gasteiger partial charge is 0.465 e. The number of aryl methyl sites for hydroxylation is 2. The molecule has 3 aromatic rings. The summed E-state index contributed by atoms with van der Waals surface area (Å²) in [5.41, 5.74) is 2.44. The van der Waals surface area contributed by atoms with Gasteiger partial charge in [-0.15, -0.1) is 11.3 Å². The quantitative estimate of drug-likeness (QED) is 0.668. The molecular formula is C18H20N2OS. The minimum atomic E-state index is 0.793. The third kappa shape index (κ3) is 3.84. The van der Waals surface area contributed by atoms with E-state index in [1.165, 1.54) is 10.4 Å². The number of aromatic nitrogens is 1. The topological polar surface area (TPSA) is 29.3 Å². The van der Waals surface area contributed by atoms with Crippen molar-refractivity contribution in [3.63, 3.8) is 0 Å². The van der Waals surface area contributed by atoms with Gasteiger partial charge in [-0.05, 0) is 55.1 Å². The van der Waals surface area contributed by atoms with E-state index >= 15 is 0 Å². The van der Waals surface area contributed by atoms with E-state index in [1.807, 2.05) is 42.7 Å². The second-order valence-electron chi connectivity index (χ2n) is 5.51. The number of furan rings is 1. The smallest absolute Gasteiger partial charge is 0.118 e. The van der Waals surface area contributed by atoms with Crippen molar-refractivity contribution in [2.45, 2.75) is 33.5 Å². The highest BCUT2D eigenvalue weighted by Crippen LogP contribution is 2.21. The third-order valence-electron chi connectivity index (χ3n) is 3.62. The van der Waals surface area contributed by atoms with Gasteiger partial charge in [0.05, 0.1) is 12.2 Å². The van der Waals surface area contributed by atoms with Crippen LogP contribution in [0, 0.1) is 13.8 Å². The van der Waals surface area contributed by atoms with Crippen molar-refractivity contribution in [2.24, 2.45) is 0 Å². The predicted octanol–water partition coefficient (Wildman–Crippen LogP) is 4.56. The summed E-state index contributed by atoms with van der Waals surface area (Å²) in [4.78, 5) is 8.22. The van der Waals surface area contributed by atoms with Gasteiger partial charge in [0.25, 0.3) is 0 Å². The molecule has 0 N–H and O–H groups in total. The van der Waals surface area contributed by atoms with Crippen LogP contribution in [0.1, 0.15) is 27.7 Å². The second-order valence-corrected chi connectivity index (χ2v) is 6.51. The van der Waals surface area contributed by atoms with Crippen molar-refractivity contribution < 1.29 is 4.42 Å². The molecule has 0 aliphatic heterocycles. The molecule has 0 saturated carbocycles. The minimum absolute atomic E-state index is 0.793. The summed E-state index contributed by atoms with van der Waals surface area (Å²) >= 11 is 1.81. The van der Waals surface area contributed by atoms with Crippen molar-refractivity contribution >= 4 is 11.3 Å². The van der Waals surface area contributed by atoms with Crippen LogP contribution in [-0.4, -0.2) is 9.88 Å². The van der Waals surface area contributed by atoms with E-state index < -0.39 is 0 Å². The highest BCUT2D eigenvalue weighted by molar-refractivity contribution is 7.10. The van der Waals surface area contributed by atoms with Crippen molar-refractivity contribution in [1.82, 2.24) is 9.88 Å².